The van der Waals surface area contributed by atoms with Crippen molar-refractivity contribution in [2.45, 2.75) is 25.8 Å². The van der Waals surface area contributed by atoms with Crippen LogP contribution < -0.4 is 11.1 Å². The monoisotopic (exact) mass is 275 g/mol. The molecule has 0 aromatic heterocycles. The predicted octanol–water partition coefficient (Wildman–Crippen LogP) is 0.978. The molecule has 0 saturated heterocycles. The predicted molar refractivity (Wildman–Crippen MR) is 74.4 cm³/mol. The van der Waals surface area contributed by atoms with Crippen LogP contribution in [0.5, 0.6) is 0 Å². The van der Waals surface area contributed by atoms with Gasteiger partial charge in [0.15, 0.2) is 0 Å². The SMILES string of the molecule is CCC[C@H](N)C(=O)Nc1ccc2c(c1)C(=O)N(C)C2=O. The van der Waals surface area contributed by atoms with E-state index in [2.05, 4.69) is 5.32 Å². The summed E-state index contributed by atoms with van der Waals surface area (Å²) in [5.74, 6) is -0.985. The van der Waals surface area contributed by atoms with E-state index in [0.717, 1.165) is 11.3 Å². The van der Waals surface area contributed by atoms with Crippen molar-refractivity contribution < 1.29 is 14.4 Å². The molecule has 1 aromatic rings. The Balaban J connectivity index is 2.19. The molecule has 0 bridgehead atoms. The second kappa shape index (κ2) is 5.42. The summed E-state index contributed by atoms with van der Waals surface area (Å²) in [6, 6.07) is 4.07. The molecule has 3 N–H and O–H groups in total. The maximum Gasteiger partial charge on any atom is 0.261 e. The minimum Gasteiger partial charge on any atom is -0.325 e. The molecule has 0 unspecified atom stereocenters. The van der Waals surface area contributed by atoms with Crippen molar-refractivity contribution in [1.82, 2.24) is 4.90 Å². The molecule has 2 rings (SSSR count). The molecule has 6 heteroatoms. The minimum atomic E-state index is -0.576. The maximum atomic E-state index is 11.8. The van der Waals surface area contributed by atoms with Gasteiger partial charge < -0.3 is 11.1 Å². The van der Waals surface area contributed by atoms with E-state index >= 15 is 0 Å². The van der Waals surface area contributed by atoms with Crippen LogP contribution in [0.4, 0.5) is 5.69 Å². The number of hydrogen-bond acceptors (Lipinski definition) is 4. The van der Waals surface area contributed by atoms with E-state index in [1.54, 1.807) is 12.1 Å². The zero-order valence-electron chi connectivity index (χ0n) is 11.5. The molecule has 106 valence electrons. The summed E-state index contributed by atoms with van der Waals surface area (Å²) in [7, 11) is 1.43. The number of carbonyl (C=O) groups is 3. The topological polar surface area (TPSA) is 92.5 Å². The molecule has 1 aromatic carbocycles. The summed E-state index contributed by atoms with van der Waals surface area (Å²) in [4.78, 5) is 36.4. The summed E-state index contributed by atoms with van der Waals surface area (Å²) in [5, 5.41) is 2.66. The normalized spacial score (nSPS) is 15.2. The van der Waals surface area contributed by atoms with Crippen LogP contribution in [0.3, 0.4) is 0 Å². The molecule has 6 nitrogen and oxygen atoms in total. The number of rotatable bonds is 4. The van der Waals surface area contributed by atoms with Crippen LogP contribution in [0.15, 0.2) is 18.2 Å². The van der Waals surface area contributed by atoms with Crippen molar-refractivity contribution in [2.75, 3.05) is 12.4 Å². The number of carbonyl (C=O) groups excluding carboxylic acids is 3. The van der Waals surface area contributed by atoms with Crippen molar-refractivity contribution in [1.29, 1.82) is 0 Å². The Hall–Kier alpha value is -2.21. The summed E-state index contributed by atoms with van der Waals surface area (Å²) < 4.78 is 0. The van der Waals surface area contributed by atoms with Crippen molar-refractivity contribution in [3.63, 3.8) is 0 Å². The average Bonchev–Trinajstić information content (AvgIpc) is 2.64. The van der Waals surface area contributed by atoms with Gasteiger partial charge in [0.05, 0.1) is 17.2 Å². The van der Waals surface area contributed by atoms with E-state index < -0.39 is 6.04 Å². The number of anilines is 1. The molecule has 0 radical (unpaired) electrons. The van der Waals surface area contributed by atoms with Gasteiger partial charge in [-0.2, -0.15) is 0 Å². The van der Waals surface area contributed by atoms with Crippen LogP contribution in [-0.2, 0) is 4.79 Å². The molecule has 3 amide bonds. The van der Waals surface area contributed by atoms with Gasteiger partial charge in [-0.25, -0.2) is 0 Å². The van der Waals surface area contributed by atoms with Gasteiger partial charge >= 0.3 is 0 Å². The smallest absolute Gasteiger partial charge is 0.261 e. The van der Waals surface area contributed by atoms with Crippen LogP contribution in [0, 0.1) is 0 Å². The van der Waals surface area contributed by atoms with E-state index in [4.69, 9.17) is 5.73 Å². The summed E-state index contributed by atoms with van der Waals surface area (Å²) in [5.41, 5.74) is 6.85. The molecule has 20 heavy (non-hydrogen) atoms. The molecule has 0 fully saturated rings. The van der Waals surface area contributed by atoms with Gasteiger partial charge in [0.1, 0.15) is 0 Å². The zero-order valence-corrected chi connectivity index (χ0v) is 11.5. The van der Waals surface area contributed by atoms with Crippen molar-refractivity contribution in [2.24, 2.45) is 5.73 Å². The Labute approximate surface area is 116 Å². The first-order valence-electron chi connectivity index (χ1n) is 6.48. The lowest BCUT2D eigenvalue weighted by atomic mass is 10.1. The molecule has 1 aliphatic heterocycles. The summed E-state index contributed by atoms with van der Waals surface area (Å²) >= 11 is 0. The van der Waals surface area contributed by atoms with E-state index in [1.165, 1.54) is 13.1 Å². The fraction of sp³-hybridized carbons (Fsp3) is 0.357. The number of benzene rings is 1. The highest BCUT2D eigenvalue weighted by molar-refractivity contribution is 6.21. The van der Waals surface area contributed by atoms with Crippen LogP contribution >= 0.6 is 0 Å². The lowest BCUT2D eigenvalue weighted by Gasteiger charge is -2.11. The molecule has 1 heterocycles. The fourth-order valence-corrected chi connectivity index (χ4v) is 2.12. The van der Waals surface area contributed by atoms with E-state index in [9.17, 15) is 14.4 Å². The molecule has 1 atom stereocenters. The van der Waals surface area contributed by atoms with Gasteiger partial charge in [0, 0.05) is 12.7 Å². The Bertz CT molecular complexity index is 583. The third-order valence-corrected chi connectivity index (χ3v) is 3.29. The first-order valence-corrected chi connectivity index (χ1v) is 6.48. The van der Waals surface area contributed by atoms with E-state index in [-0.39, 0.29) is 17.7 Å². The van der Waals surface area contributed by atoms with Gasteiger partial charge in [-0.3, -0.25) is 19.3 Å². The standard InChI is InChI=1S/C14H17N3O3/c1-3-4-11(15)12(18)16-8-5-6-9-10(7-8)14(20)17(2)13(9)19/h5-7,11H,3-4,15H2,1-2H3,(H,16,18)/t11-/m0/s1. The first kappa shape index (κ1) is 14.2. The zero-order chi connectivity index (χ0) is 14.9. The molecular weight excluding hydrogens is 258 g/mol. The highest BCUT2D eigenvalue weighted by Gasteiger charge is 2.32. The number of imide groups is 1. The fourth-order valence-electron chi connectivity index (χ4n) is 2.12. The van der Waals surface area contributed by atoms with Gasteiger partial charge in [-0.1, -0.05) is 13.3 Å². The van der Waals surface area contributed by atoms with Crippen molar-refractivity contribution in [3.8, 4) is 0 Å². The molecule has 0 saturated carbocycles. The number of fused-ring (bicyclic) bond motifs is 1. The number of nitrogens with two attached hydrogens (primary N) is 1. The number of hydrogen-bond donors (Lipinski definition) is 2. The number of amides is 3. The second-order valence-corrected chi connectivity index (χ2v) is 4.81. The quantitative estimate of drug-likeness (QED) is 0.801. The minimum absolute atomic E-state index is 0.295. The van der Waals surface area contributed by atoms with Crippen LogP contribution in [0.1, 0.15) is 40.5 Å². The van der Waals surface area contributed by atoms with Crippen LogP contribution in [0.25, 0.3) is 0 Å². The first-order chi connectivity index (χ1) is 9.45. The highest BCUT2D eigenvalue weighted by Crippen LogP contribution is 2.24. The van der Waals surface area contributed by atoms with Crippen LogP contribution in [-0.4, -0.2) is 35.7 Å². The molecule has 0 spiro atoms. The second-order valence-electron chi connectivity index (χ2n) is 4.81. The average molecular weight is 275 g/mol. The Morgan fingerprint density at radius 3 is 2.60 bits per heavy atom. The Morgan fingerprint density at radius 1 is 1.30 bits per heavy atom. The van der Waals surface area contributed by atoms with Gasteiger partial charge in [-0.15, -0.1) is 0 Å². The van der Waals surface area contributed by atoms with Crippen LogP contribution in [0.2, 0.25) is 0 Å². The van der Waals surface area contributed by atoms with Crippen molar-refractivity contribution >= 4 is 23.4 Å². The van der Waals surface area contributed by atoms with E-state index in [0.29, 0.717) is 23.2 Å². The third kappa shape index (κ3) is 2.42. The molecule has 0 aliphatic carbocycles. The van der Waals surface area contributed by atoms with Gasteiger partial charge in [0.2, 0.25) is 5.91 Å². The van der Waals surface area contributed by atoms with Crippen molar-refractivity contribution in [3.05, 3.63) is 29.3 Å². The Morgan fingerprint density at radius 2 is 1.95 bits per heavy atom. The summed E-state index contributed by atoms with van der Waals surface area (Å²) in [6.07, 6.45) is 1.41. The van der Waals surface area contributed by atoms with Gasteiger partial charge in [0.25, 0.3) is 11.8 Å². The Kier molecular flexibility index (Phi) is 3.85. The lowest BCUT2D eigenvalue weighted by Crippen LogP contribution is -2.35. The van der Waals surface area contributed by atoms with E-state index in [1.807, 2.05) is 6.92 Å². The maximum absolute atomic E-state index is 11.8. The largest absolute Gasteiger partial charge is 0.325 e. The molecule has 1 aliphatic rings. The van der Waals surface area contributed by atoms with Gasteiger partial charge in [-0.05, 0) is 24.6 Å². The third-order valence-electron chi connectivity index (χ3n) is 3.29. The number of nitrogens with one attached hydrogen (secondary N) is 1. The number of nitrogens with zero attached hydrogens (tertiary/aromatic N) is 1. The highest BCUT2D eigenvalue weighted by atomic mass is 16.2. The summed E-state index contributed by atoms with van der Waals surface area (Å²) in [6.45, 7) is 1.95. The lowest BCUT2D eigenvalue weighted by molar-refractivity contribution is -0.117. The molecular formula is C14H17N3O3.